The quantitative estimate of drug-likeness (QED) is 0.499. The van der Waals surface area contributed by atoms with Gasteiger partial charge in [-0.05, 0) is 32.8 Å². The van der Waals surface area contributed by atoms with Crippen LogP contribution in [0.4, 0.5) is 18.9 Å². The van der Waals surface area contributed by atoms with Crippen LogP contribution in [-0.4, -0.2) is 65.4 Å². The van der Waals surface area contributed by atoms with E-state index in [-0.39, 0.29) is 21.8 Å². The molecule has 1 saturated heterocycles. The number of hydrogen-bond donors (Lipinski definition) is 2. The number of imidazole rings is 1. The average Bonchev–Trinajstić information content (AvgIpc) is 3.19. The Balaban J connectivity index is 1.67. The molecule has 1 saturated carbocycles. The van der Waals surface area contributed by atoms with Crippen molar-refractivity contribution in [3.63, 3.8) is 0 Å². The molecule has 2 fully saturated rings. The fourth-order valence-corrected chi connectivity index (χ4v) is 6.22. The van der Waals surface area contributed by atoms with E-state index >= 15 is 0 Å². The van der Waals surface area contributed by atoms with Crippen LogP contribution in [-0.2, 0) is 10.0 Å². The average molecular weight is 516 g/mol. The van der Waals surface area contributed by atoms with Crippen LogP contribution in [0.25, 0.3) is 16.3 Å². The van der Waals surface area contributed by atoms with Crippen molar-refractivity contribution in [2.24, 2.45) is 0 Å². The van der Waals surface area contributed by atoms with E-state index < -0.39 is 39.7 Å². The lowest BCUT2D eigenvalue weighted by Crippen LogP contribution is -2.56. The van der Waals surface area contributed by atoms with Crippen molar-refractivity contribution < 1.29 is 21.6 Å². The number of alkyl halides is 3. The van der Waals surface area contributed by atoms with E-state index in [0.717, 1.165) is 12.8 Å². The molecule has 0 amide bonds. The van der Waals surface area contributed by atoms with Gasteiger partial charge in [0.05, 0.1) is 23.4 Å². The van der Waals surface area contributed by atoms with E-state index in [0.29, 0.717) is 35.6 Å². The number of rotatable bonds is 7. The summed E-state index contributed by atoms with van der Waals surface area (Å²) in [6, 6.07) is 1.11. The lowest BCUT2D eigenvalue weighted by Gasteiger charge is -2.40. The summed E-state index contributed by atoms with van der Waals surface area (Å²) in [4.78, 5) is 6.31. The minimum Gasteiger partial charge on any atom is -0.364 e. The second-order valence-corrected chi connectivity index (χ2v) is 11.8. The molecule has 1 aliphatic carbocycles. The number of fused-ring (bicyclic) bond motifs is 1. The molecule has 0 radical (unpaired) electrons. The molecular weight excluding hydrogens is 491 g/mol. The number of piperazine rings is 1. The molecule has 34 heavy (non-hydrogen) atoms. The van der Waals surface area contributed by atoms with Crippen LogP contribution in [0.3, 0.4) is 0 Å². The van der Waals surface area contributed by atoms with Crippen LogP contribution in [0.1, 0.15) is 38.1 Å². The van der Waals surface area contributed by atoms with Crippen LogP contribution in [0.15, 0.2) is 23.4 Å². The van der Waals surface area contributed by atoms with Crippen molar-refractivity contribution in [1.29, 1.82) is 0 Å². The molecule has 3 aromatic rings. The zero-order valence-corrected chi connectivity index (χ0v) is 20.1. The number of nitrogens with one attached hydrogen (secondary N) is 2. The Hall–Kier alpha value is -2.29. The Morgan fingerprint density at radius 2 is 2.12 bits per heavy atom. The fourth-order valence-electron chi connectivity index (χ4n) is 4.04. The summed E-state index contributed by atoms with van der Waals surface area (Å²) in [5, 5.41) is 10.2. The van der Waals surface area contributed by atoms with Gasteiger partial charge in [0.15, 0.2) is 15.8 Å². The molecule has 14 heteroatoms. The van der Waals surface area contributed by atoms with Crippen LogP contribution in [0.2, 0.25) is 0 Å². The maximum atomic E-state index is 13.5. The second-order valence-electron chi connectivity index (χ2n) is 9.07. The van der Waals surface area contributed by atoms with Crippen LogP contribution in [0.5, 0.6) is 0 Å². The maximum absolute atomic E-state index is 13.5. The Labute approximate surface area is 198 Å². The third-order valence-corrected chi connectivity index (χ3v) is 8.78. The molecule has 0 bridgehead atoms. The summed E-state index contributed by atoms with van der Waals surface area (Å²) in [5.41, 5.74) is 0.638. The smallest absolute Gasteiger partial charge is 0.291 e. The topological polar surface area (TPSA) is 105 Å². The van der Waals surface area contributed by atoms with Gasteiger partial charge in [-0.1, -0.05) is 11.3 Å². The molecule has 3 aromatic heterocycles. The molecule has 184 valence electrons. The van der Waals surface area contributed by atoms with Crippen molar-refractivity contribution >= 4 is 32.6 Å². The number of pyridine rings is 1. The van der Waals surface area contributed by atoms with Crippen molar-refractivity contribution in [1.82, 2.24) is 29.6 Å². The largest absolute Gasteiger partial charge is 0.364 e. The van der Waals surface area contributed by atoms with E-state index in [1.807, 2.05) is 18.7 Å². The van der Waals surface area contributed by atoms with Crippen LogP contribution >= 0.6 is 11.3 Å². The van der Waals surface area contributed by atoms with Gasteiger partial charge < -0.3 is 10.2 Å². The van der Waals surface area contributed by atoms with Gasteiger partial charge in [0.25, 0.3) is 6.43 Å². The monoisotopic (exact) mass is 515 g/mol. The highest BCUT2D eigenvalue weighted by molar-refractivity contribution is 7.89. The summed E-state index contributed by atoms with van der Waals surface area (Å²) in [6.45, 7) is 4.08. The van der Waals surface area contributed by atoms with Crippen LogP contribution < -0.4 is 14.9 Å². The summed E-state index contributed by atoms with van der Waals surface area (Å²) >= 11 is 0.699. The molecule has 0 spiro atoms. The summed E-state index contributed by atoms with van der Waals surface area (Å²) in [7, 11) is -3.90. The zero-order chi connectivity index (χ0) is 24.3. The number of anilines is 1. The SMILES string of the molecule is C[C@H]1CN[C@@H](CF)CN1c1cc(S(=O)(=O)NC2(C)CC2)cn2c(-c3nnc(C(F)F)s3)ncc12. The summed E-state index contributed by atoms with van der Waals surface area (Å²) in [5.74, 6) is 0.208. The van der Waals surface area contributed by atoms with Gasteiger partial charge in [-0.15, -0.1) is 10.2 Å². The summed E-state index contributed by atoms with van der Waals surface area (Å²) in [6.07, 6.45) is 1.67. The number of halogens is 3. The predicted molar refractivity (Wildman–Crippen MR) is 122 cm³/mol. The van der Waals surface area contributed by atoms with E-state index in [1.54, 1.807) is 12.3 Å². The highest BCUT2D eigenvalue weighted by Gasteiger charge is 2.41. The molecule has 0 unspecified atom stereocenters. The number of nitrogens with zero attached hydrogens (tertiary/aromatic N) is 5. The maximum Gasteiger partial charge on any atom is 0.291 e. The first-order valence-electron chi connectivity index (χ1n) is 10.8. The van der Waals surface area contributed by atoms with Gasteiger partial charge in [-0.25, -0.2) is 31.3 Å². The normalized spacial score (nSPS) is 22.6. The zero-order valence-electron chi connectivity index (χ0n) is 18.5. The molecule has 2 N–H and O–H groups in total. The Morgan fingerprint density at radius 1 is 1.35 bits per heavy atom. The van der Waals surface area contributed by atoms with Gasteiger partial charge in [0.1, 0.15) is 11.6 Å². The molecule has 1 aliphatic heterocycles. The lowest BCUT2D eigenvalue weighted by molar-refractivity contribution is 0.150. The van der Waals surface area contributed by atoms with Crippen molar-refractivity contribution in [2.75, 3.05) is 24.7 Å². The molecule has 2 atom stereocenters. The Bertz CT molecular complexity index is 1320. The molecule has 5 rings (SSSR count). The molecular formula is C20H24F3N7O2S2. The fraction of sp³-hybridized carbons (Fsp3) is 0.550. The first-order chi connectivity index (χ1) is 16.1. The first-order valence-corrected chi connectivity index (χ1v) is 13.1. The van der Waals surface area contributed by atoms with Gasteiger partial charge >= 0.3 is 0 Å². The van der Waals surface area contributed by atoms with Gasteiger partial charge in [-0.3, -0.25) is 4.40 Å². The highest BCUT2D eigenvalue weighted by Crippen LogP contribution is 2.38. The van der Waals surface area contributed by atoms with Crippen LogP contribution in [0, 0.1) is 0 Å². The van der Waals surface area contributed by atoms with E-state index in [4.69, 9.17) is 0 Å². The van der Waals surface area contributed by atoms with E-state index in [2.05, 4.69) is 25.2 Å². The van der Waals surface area contributed by atoms with Crippen molar-refractivity contribution in [2.45, 2.75) is 55.6 Å². The predicted octanol–water partition coefficient (Wildman–Crippen LogP) is 2.76. The van der Waals surface area contributed by atoms with E-state index in [9.17, 15) is 21.6 Å². The van der Waals surface area contributed by atoms with E-state index in [1.165, 1.54) is 10.6 Å². The van der Waals surface area contributed by atoms with Gasteiger partial charge in [0.2, 0.25) is 10.0 Å². The van der Waals surface area contributed by atoms with Gasteiger partial charge in [-0.2, -0.15) is 0 Å². The second kappa shape index (κ2) is 8.43. The first kappa shape index (κ1) is 23.5. The molecule has 2 aliphatic rings. The Morgan fingerprint density at radius 3 is 2.76 bits per heavy atom. The third kappa shape index (κ3) is 4.27. The van der Waals surface area contributed by atoms with Crippen molar-refractivity contribution in [3.8, 4) is 10.8 Å². The number of sulfonamides is 1. The molecule has 0 aromatic carbocycles. The third-order valence-electron chi connectivity index (χ3n) is 6.25. The molecule has 4 heterocycles. The highest BCUT2D eigenvalue weighted by atomic mass is 32.2. The number of aromatic nitrogens is 4. The Kier molecular flexibility index (Phi) is 5.81. The summed E-state index contributed by atoms with van der Waals surface area (Å²) < 4.78 is 70.5. The minimum absolute atomic E-state index is 0.00324. The van der Waals surface area contributed by atoms with Crippen molar-refractivity contribution in [3.05, 3.63) is 23.5 Å². The lowest BCUT2D eigenvalue weighted by atomic mass is 10.1. The number of hydrogen-bond acceptors (Lipinski definition) is 8. The standard InChI is InChI=1S/C20H24F3N7O2S2/c1-11-7-24-12(6-21)9-29(11)14-5-13(34(31,32)28-20(2)3-4-20)10-30-15(14)8-25-17(30)19-27-26-18(33-19)16(22)23/h5,8,10-12,16,24,28H,3-4,6-7,9H2,1-2H3/t11-,12-/m0/s1. The molecule has 9 nitrogen and oxygen atoms in total. The minimum atomic E-state index is -3.90. The van der Waals surface area contributed by atoms with Gasteiger partial charge in [0, 0.05) is 30.9 Å².